The predicted octanol–water partition coefficient (Wildman–Crippen LogP) is 2.87. The number of aromatic nitrogens is 5. The fourth-order valence-corrected chi connectivity index (χ4v) is 3.80. The van der Waals surface area contributed by atoms with Gasteiger partial charge in [0, 0.05) is 36.1 Å². The molecule has 1 aliphatic heterocycles. The average molecular weight is 400 g/mol. The fourth-order valence-electron chi connectivity index (χ4n) is 3.80. The number of aryl methyl sites for hydroxylation is 2. The number of allylic oxidation sites excluding steroid dienone is 1. The van der Waals surface area contributed by atoms with Gasteiger partial charge in [-0.3, -0.25) is 9.83 Å². The van der Waals surface area contributed by atoms with E-state index in [2.05, 4.69) is 35.5 Å². The summed E-state index contributed by atoms with van der Waals surface area (Å²) >= 11 is 0. The molecule has 0 bridgehead atoms. The number of rotatable bonds is 4. The molecule has 30 heavy (non-hydrogen) atoms. The van der Waals surface area contributed by atoms with Crippen molar-refractivity contribution in [3.63, 3.8) is 0 Å². The Balaban J connectivity index is 1.66. The van der Waals surface area contributed by atoms with E-state index in [4.69, 9.17) is 15.7 Å². The van der Waals surface area contributed by atoms with Crippen molar-refractivity contribution in [2.24, 2.45) is 12.8 Å². The first-order chi connectivity index (χ1) is 14.5. The van der Waals surface area contributed by atoms with Crippen molar-refractivity contribution in [3.8, 4) is 22.5 Å². The van der Waals surface area contributed by atoms with Gasteiger partial charge in [0.15, 0.2) is 0 Å². The molecule has 3 N–H and O–H groups in total. The average Bonchev–Trinajstić information content (AvgIpc) is 3.45. The van der Waals surface area contributed by atoms with Crippen LogP contribution in [0.3, 0.4) is 0 Å². The van der Waals surface area contributed by atoms with Gasteiger partial charge < -0.3 is 10.3 Å². The van der Waals surface area contributed by atoms with Crippen molar-refractivity contribution >= 4 is 11.6 Å². The Hall–Kier alpha value is -3.65. The first kappa shape index (κ1) is 18.4. The lowest BCUT2D eigenvalue weighted by atomic mass is 10.1. The zero-order valence-electron chi connectivity index (χ0n) is 17.2. The van der Waals surface area contributed by atoms with Crippen molar-refractivity contribution in [1.29, 1.82) is 0 Å². The molecule has 1 atom stereocenters. The maximum atomic E-state index is 6.33. The maximum absolute atomic E-state index is 6.33. The first-order valence-electron chi connectivity index (χ1n) is 9.99. The molecule has 1 aliphatic rings. The van der Waals surface area contributed by atoms with Gasteiger partial charge in [-0.2, -0.15) is 0 Å². The summed E-state index contributed by atoms with van der Waals surface area (Å²) in [7, 11) is 1.99. The highest BCUT2D eigenvalue weighted by Gasteiger charge is 2.24. The zero-order chi connectivity index (χ0) is 20.8. The second kappa shape index (κ2) is 7.00. The lowest BCUT2D eigenvalue weighted by molar-refractivity contribution is 0.663. The quantitative estimate of drug-likeness (QED) is 0.548. The van der Waals surface area contributed by atoms with Gasteiger partial charge in [0.2, 0.25) is 5.95 Å². The Morgan fingerprint density at radius 3 is 2.70 bits per heavy atom. The van der Waals surface area contributed by atoms with Gasteiger partial charge >= 0.3 is 0 Å². The van der Waals surface area contributed by atoms with Crippen LogP contribution in [0.15, 0.2) is 60.8 Å². The lowest BCUT2D eigenvalue weighted by Crippen LogP contribution is -2.45. The highest BCUT2D eigenvalue weighted by Crippen LogP contribution is 2.29. The van der Waals surface area contributed by atoms with E-state index in [9.17, 15) is 0 Å². The molecule has 0 saturated heterocycles. The summed E-state index contributed by atoms with van der Waals surface area (Å²) < 4.78 is 4.00. The van der Waals surface area contributed by atoms with E-state index in [1.54, 1.807) is 6.33 Å². The number of hydrogen-bond acceptors (Lipinski definition) is 6. The van der Waals surface area contributed by atoms with E-state index < -0.39 is 0 Å². The largest absolute Gasteiger partial charge is 0.334 e. The third kappa shape index (κ3) is 3.02. The van der Waals surface area contributed by atoms with Crippen LogP contribution < -0.4 is 16.2 Å². The molecule has 0 fully saturated rings. The molecule has 152 valence electrons. The molecule has 3 aromatic heterocycles. The lowest BCUT2D eigenvalue weighted by Gasteiger charge is -2.24. The number of benzene rings is 1. The molecule has 1 aromatic carbocycles. The Bertz CT molecular complexity index is 1270. The van der Waals surface area contributed by atoms with E-state index in [0.29, 0.717) is 5.95 Å². The van der Waals surface area contributed by atoms with Crippen molar-refractivity contribution in [2.75, 3.05) is 5.01 Å². The molecular weight excluding hydrogens is 376 g/mol. The summed E-state index contributed by atoms with van der Waals surface area (Å²) in [4.78, 5) is 14.0. The van der Waals surface area contributed by atoms with Crippen molar-refractivity contribution < 1.29 is 0 Å². The highest BCUT2D eigenvalue weighted by molar-refractivity contribution is 5.72. The monoisotopic (exact) mass is 400 g/mol. The van der Waals surface area contributed by atoms with Crippen molar-refractivity contribution in [2.45, 2.75) is 26.4 Å². The Morgan fingerprint density at radius 2 is 2.00 bits per heavy atom. The number of hydrazine groups is 1. The van der Waals surface area contributed by atoms with Crippen LogP contribution in [-0.2, 0) is 13.5 Å². The van der Waals surface area contributed by atoms with Crippen LogP contribution in [0.25, 0.3) is 28.2 Å². The minimum absolute atomic E-state index is 0.302. The third-order valence-corrected chi connectivity index (χ3v) is 5.35. The van der Waals surface area contributed by atoms with Crippen LogP contribution in [0.2, 0.25) is 0 Å². The van der Waals surface area contributed by atoms with Crippen LogP contribution in [-0.4, -0.2) is 30.1 Å². The van der Waals surface area contributed by atoms with E-state index in [-0.39, 0.29) is 6.17 Å². The second-order valence-corrected chi connectivity index (χ2v) is 7.55. The topological polar surface area (TPSA) is 89.3 Å². The molecule has 0 saturated carbocycles. The van der Waals surface area contributed by atoms with E-state index in [1.165, 1.54) is 0 Å². The van der Waals surface area contributed by atoms with Gasteiger partial charge in [-0.05, 0) is 25.5 Å². The number of imidazole rings is 2. The summed E-state index contributed by atoms with van der Waals surface area (Å²) in [5.41, 5.74) is 16.5. The van der Waals surface area contributed by atoms with Gasteiger partial charge in [0.25, 0.3) is 0 Å². The number of nitrogens with one attached hydrogen (secondary N) is 1. The molecule has 0 aliphatic carbocycles. The Labute approximate surface area is 174 Å². The molecule has 0 spiro atoms. The molecule has 1 unspecified atom stereocenters. The fraction of sp³-hybridized carbons (Fsp3) is 0.227. The van der Waals surface area contributed by atoms with Gasteiger partial charge in [0.1, 0.15) is 11.8 Å². The molecule has 8 nitrogen and oxygen atoms in total. The predicted molar refractivity (Wildman–Crippen MR) is 117 cm³/mol. The smallest absolute Gasteiger partial charge is 0.232 e. The van der Waals surface area contributed by atoms with Crippen LogP contribution in [0.1, 0.15) is 19.5 Å². The van der Waals surface area contributed by atoms with Crippen molar-refractivity contribution in [1.82, 2.24) is 29.3 Å². The summed E-state index contributed by atoms with van der Waals surface area (Å²) in [5.74, 6) is 0.709. The number of nitrogens with two attached hydrogens (primary N) is 1. The molecule has 4 heterocycles. The van der Waals surface area contributed by atoms with Crippen LogP contribution in [0, 0.1) is 0 Å². The minimum atomic E-state index is -0.302. The Morgan fingerprint density at radius 1 is 1.17 bits per heavy atom. The highest BCUT2D eigenvalue weighted by atomic mass is 15.6. The Kier molecular flexibility index (Phi) is 4.29. The van der Waals surface area contributed by atoms with Gasteiger partial charge in [-0.1, -0.05) is 25.1 Å². The standard InChI is InChI=1S/C22H24N8/c1-4-17-12-29-21(25-17)10-18(26-22(29)30-20(23)8-14(2)27-30)15-6-5-7-16(9-15)19-11-24-13-28(19)3/h5-13,20,27H,4,23H2,1-3H3. The molecule has 0 radical (unpaired) electrons. The number of fused-ring (bicyclic) bond motifs is 1. The van der Waals surface area contributed by atoms with Gasteiger partial charge in [-0.15, -0.1) is 0 Å². The van der Waals surface area contributed by atoms with Gasteiger partial charge in [0.05, 0.1) is 29.6 Å². The van der Waals surface area contributed by atoms with Crippen molar-refractivity contribution in [3.05, 3.63) is 66.5 Å². The number of anilines is 1. The maximum Gasteiger partial charge on any atom is 0.232 e. The number of hydrogen-bond donors (Lipinski definition) is 2. The first-order valence-corrected chi connectivity index (χ1v) is 9.99. The molecule has 8 heteroatoms. The zero-order valence-corrected chi connectivity index (χ0v) is 17.2. The summed E-state index contributed by atoms with van der Waals surface area (Å²) in [6.45, 7) is 4.09. The minimum Gasteiger partial charge on any atom is -0.334 e. The van der Waals surface area contributed by atoms with Crippen LogP contribution in [0.4, 0.5) is 5.95 Å². The normalized spacial score (nSPS) is 16.2. The molecule has 5 rings (SSSR count). The van der Waals surface area contributed by atoms with E-state index in [1.807, 2.05) is 58.6 Å². The van der Waals surface area contributed by atoms with E-state index in [0.717, 1.165) is 46.0 Å². The third-order valence-electron chi connectivity index (χ3n) is 5.35. The molecule has 4 aromatic rings. The van der Waals surface area contributed by atoms with Crippen LogP contribution >= 0.6 is 0 Å². The number of nitrogens with zero attached hydrogens (tertiary/aromatic N) is 6. The summed E-state index contributed by atoms with van der Waals surface area (Å²) in [6.07, 6.45) is 8.21. The second-order valence-electron chi connectivity index (χ2n) is 7.55. The molecular formula is C22H24N8. The summed E-state index contributed by atoms with van der Waals surface area (Å²) in [5, 5.41) is 1.87. The summed E-state index contributed by atoms with van der Waals surface area (Å²) in [6, 6.07) is 10.3. The van der Waals surface area contributed by atoms with Crippen LogP contribution in [0.5, 0.6) is 0 Å². The van der Waals surface area contributed by atoms with E-state index >= 15 is 0 Å². The molecule has 0 amide bonds. The SMILES string of the molecule is CCc1cn2c(N3NC(C)=CC3N)nc(-c3cccc(-c4cncn4C)c3)cc2n1. The van der Waals surface area contributed by atoms with Gasteiger partial charge in [-0.25, -0.2) is 20.0 Å².